The zero-order chi connectivity index (χ0) is 14.0. The van der Waals surface area contributed by atoms with Crippen molar-refractivity contribution < 1.29 is 22.0 Å². The van der Waals surface area contributed by atoms with Crippen LogP contribution in [0.4, 0.5) is 8.78 Å². The zero-order valence-electron chi connectivity index (χ0n) is 9.92. The van der Waals surface area contributed by atoms with Crippen LogP contribution in [0.5, 0.6) is 0 Å². The minimum Gasteiger partial charge on any atom is -0.343 e. The molecule has 0 radical (unpaired) electrons. The molecule has 19 heavy (non-hydrogen) atoms. The largest absolute Gasteiger partial charge is 0.343 e. The number of halogens is 2. The van der Waals surface area contributed by atoms with Gasteiger partial charge in [-0.25, -0.2) is 17.2 Å². The molecule has 0 spiro atoms. The molecule has 104 valence electrons. The first-order valence-corrected chi connectivity index (χ1v) is 7.04. The minimum atomic E-state index is -4.21. The number of carbonyl (C=O) groups excluding carboxylic acids is 1. The Labute approximate surface area is 109 Å². The van der Waals surface area contributed by atoms with Crippen molar-refractivity contribution in [1.82, 2.24) is 9.21 Å². The average Bonchev–Trinajstić information content (AvgIpc) is 2.38. The number of hydrogen-bond acceptors (Lipinski definition) is 3. The van der Waals surface area contributed by atoms with Gasteiger partial charge in [-0.2, -0.15) is 4.31 Å². The highest BCUT2D eigenvalue weighted by Gasteiger charge is 2.32. The van der Waals surface area contributed by atoms with E-state index in [-0.39, 0.29) is 26.2 Å². The van der Waals surface area contributed by atoms with E-state index >= 15 is 0 Å². The van der Waals surface area contributed by atoms with Crippen LogP contribution in [0.15, 0.2) is 23.1 Å². The summed E-state index contributed by atoms with van der Waals surface area (Å²) >= 11 is 0. The molecule has 1 heterocycles. The van der Waals surface area contributed by atoms with Gasteiger partial charge in [0.25, 0.3) is 0 Å². The maximum atomic E-state index is 13.5. The standard InChI is InChI=1S/C11H12F2N2O3S/c12-9-2-1-3-10(13)11(9)19(17,18)15-6-4-14(8-16)5-7-15/h1-3,8H,4-7H2. The molecule has 0 atom stereocenters. The van der Waals surface area contributed by atoms with E-state index in [1.807, 2.05) is 0 Å². The number of hydrogen-bond donors (Lipinski definition) is 0. The van der Waals surface area contributed by atoms with Crippen LogP contribution < -0.4 is 0 Å². The van der Waals surface area contributed by atoms with Crippen LogP contribution in [-0.2, 0) is 14.8 Å². The van der Waals surface area contributed by atoms with Crippen molar-refractivity contribution in [2.24, 2.45) is 0 Å². The first kappa shape index (κ1) is 13.9. The predicted octanol–water partition coefficient (Wildman–Crippen LogP) is 0.428. The van der Waals surface area contributed by atoms with E-state index in [1.165, 1.54) is 4.90 Å². The van der Waals surface area contributed by atoms with Gasteiger partial charge in [0.15, 0.2) is 4.90 Å². The highest BCUT2D eigenvalue weighted by Crippen LogP contribution is 2.23. The van der Waals surface area contributed by atoms with Crippen LogP contribution >= 0.6 is 0 Å². The molecule has 2 rings (SSSR count). The molecule has 0 aromatic heterocycles. The van der Waals surface area contributed by atoms with E-state index in [9.17, 15) is 22.0 Å². The van der Waals surface area contributed by atoms with Crippen molar-refractivity contribution in [3.63, 3.8) is 0 Å². The van der Waals surface area contributed by atoms with Crippen molar-refractivity contribution in [2.75, 3.05) is 26.2 Å². The first-order valence-electron chi connectivity index (χ1n) is 5.60. The topological polar surface area (TPSA) is 57.7 Å². The van der Waals surface area contributed by atoms with Gasteiger partial charge in [0.05, 0.1) is 0 Å². The molecule has 5 nitrogen and oxygen atoms in total. The molecule has 1 aliphatic rings. The SMILES string of the molecule is O=CN1CCN(S(=O)(=O)c2c(F)cccc2F)CC1. The Morgan fingerprint density at radius 3 is 2.05 bits per heavy atom. The summed E-state index contributed by atoms with van der Waals surface area (Å²) < 4.78 is 52.4. The van der Waals surface area contributed by atoms with Gasteiger partial charge in [-0.05, 0) is 12.1 Å². The summed E-state index contributed by atoms with van der Waals surface area (Å²) in [4.78, 5) is 11.0. The molecule has 0 bridgehead atoms. The van der Waals surface area contributed by atoms with Crippen LogP contribution in [0, 0.1) is 11.6 Å². The lowest BCUT2D eigenvalue weighted by molar-refractivity contribution is -0.119. The van der Waals surface area contributed by atoms with Gasteiger partial charge in [0.2, 0.25) is 16.4 Å². The molecule has 1 amide bonds. The van der Waals surface area contributed by atoms with Crippen molar-refractivity contribution >= 4 is 16.4 Å². The lowest BCUT2D eigenvalue weighted by Crippen LogP contribution is -2.48. The summed E-state index contributed by atoms with van der Waals surface area (Å²) in [5.41, 5.74) is 0. The normalized spacial score (nSPS) is 17.5. The fourth-order valence-corrected chi connectivity index (χ4v) is 3.44. The Balaban J connectivity index is 2.31. The van der Waals surface area contributed by atoms with Gasteiger partial charge < -0.3 is 4.90 Å². The van der Waals surface area contributed by atoms with Crippen LogP contribution in [0.3, 0.4) is 0 Å². The maximum Gasteiger partial charge on any atom is 0.249 e. The molecule has 1 aliphatic heterocycles. The van der Waals surface area contributed by atoms with E-state index in [2.05, 4.69) is 0 Å². The van der Waals surface area contributed by atoms with E-state index in [4.69, 9.17) is 0 Å². The summed E-state index contributed by atoms with van der Waals surface area (Å²) in [6, 6.07) is 2.91. The Morgan fingerprint density at radius 2 is 1.58 bits per heavy atom. The van der Waals surface area contributed by atoms with E-state index in [0.29, 0.717) is 6.41 Å². The van der Waals surface area contributed by atoms with Gasteiger partial charge in [-0.3, -0.25) is 4.79 Å². The number of sulfonamides is 1. The van der Waals surface area contributed by atoms with Crippen molar-refractivity contribution in [2.45, 2.75) is 4.90 Å². The molecular formula is C11H12F2N2O3S. The summed E-state index contributed by atoms with van der Waals surface area (Å²) in [6.07, 6.45) is 0.619. The number of amides is 1. The van der Waals surface area contributed by atoms with Crippen LogP contribution in [0.1, 0.15) is 0 Å². The third kappa shape index (κ3) is 2.59. The van der Waals surface area contributed by atoms with Gasteiger partial charge >= 0.3 is 0 Å². The van der Waals surface area contributed by atoms with Gasteiger partial charge in [-0.1, -0.05) is 6.07 Å². The van der Waals surface area contributed by atoms with Crippen LogP contribution in [-0.4, -0.2) is 50.2 Å². The van der Waals surface area contributed by atoms with Gasteiger partial charge in [-0.15, -0.1) is 0 Å². The Morgan fingerprint density at radius 1 is 1.05 bits per heavy atom. The Hall–Kier alpha value is -1.54. The van der Waals surface area contributed by atoms with Crippen molar-refractivity contribution in [1.29, 1.82) is 0 Å². The smallest absolute Gasteiger partial charge is 0.249 e. The second-order valence-electron chi connectivity index (χ2n) is 4.10. The monoisotopic (exact) mass is 290 g/mol. The van der Waals surface area contributed by atoms with E-state index < -0.39 is 26.6 Å². The lowest BCUT2D eigenvalue weighted by Gasteiger charge is -2.31. The van der Waals surface area contributed by atoms with Gasteiger partial charge in [0.1, 0.15) is 11.6 Å². The Bertz CT molecular complexity index is 563. The van der Waals surface area contributed by atoms with Crippen LogP contribution in [0.2, 0.25) is 0 Å². The Kier molecular flexibility index (Phi) is 3.81. The third-order valence-corrected chi connectivity index (χ3v) is 4.89. The fourth-order valence-electron chi connectivity index (χ4n) is 1.91. The average molecular weight is 290 g/mol. The number of nitrogens with zero attached hydrogens (tertiary/aromatic N) is 2. The maximum absolute atomic E-state index is 13.5. The first-order chi connectivity index (χ1) is 8.96. The van der Waals surface area contributed by atoms with E-state index in [1.54, 1.807) is 0 Å². The van der Waals surface area contributed by atoms with Gasteiger partial charge in [0, 0.05) is 26.2 Å². The molecule has 0 aliphatic carbocycles. The van der Waals surface area contributed by atoms with Crippen molar-refractivity contribution in [3.05, 3.63) is 29.8 Å². The zero-order valence-corrected chi connectivity index (χ0v) is 10.7. The molecule has 8 heteroatoms. The molecule has 0 N–H and O–H groups in total. The number of carbonyl (C=O) groups is 1. The summed E-state index contributed by atoms with van der Waals surface area (Å²) in [5.74, 6) is -2.23. The van der Waals surface area contributed by atoms with Crippen molar-refractivity contribution in [3.8, 4) is 0 Å². The highest BCUT2D eigenvalue weighted by atomic mass is 32.2. The molecule has 0 saturated carbocycles. The summed E-state index contributed by atoms with van der Waals surface area (Å²) in [6.45, 7) is 0.460. The summed E-state index contributed by atoms with van der Waals surface area (Å²) in [7, 11) is -4.21. The molecule has 1 aromatic rings. The molecule has 0 unspecified atom stereocenters. The molecule has 1 saturated heterocycles. The lowest BCUT2D eigenvalue weighted by atomic mass is 10.3. The fraction of sp³-hybridized carbons (Fsp3) is 0.364. The quantitative estimate of drug-likeness (QED) is 0.758. The molecular weight excluding hydrogens is 278 g/mol. The summed E-state index contributed by atoms with van der Waals surface area (Å²) in [5, 5.41) is 0. The predicted molar refractivity (Wildman–Crippen MR) is 62.8 cm³/mol. The molecule has 1 aromatic carbocycles. The second-order valence-corrected chi connectivity index (χ2v) is 5.97. The number of benzene rings is 1. The second kappa shape index (κ2) is 5.22. The van der Waals surface area contributed by atoms with Crippen LogP contribution in [0.25, 0.3) is 0 Å². The number of piperazine rings is 1. The third-order valence-electron chi connectivity index (χ3n) is 2.94. The highest BCUT2D eigenvalue weighted by molar-refractivity contribution is 7.89. The number of rotatable bonds is 3. The molecule has 1 fully saturated rings. The van der Waals surface area contributed by atoms with E-state index in [0.717, 1.165) is 22.5 Å². The minimum absolute atomic E-state index is 0.0227.